The van der Waals surface area contributed by atoms with Crippen molar-refractivity contribution in [2.75, 3.05) is 13.7 Å². The van der Waals surface area contributed by atoms with Crippen molar-refractivity contribution in [2.45, 2.75) is 13.1 Å². The van der Waals surface area contributed by atoms with E-state index in [-0.39, 0.29) is 6.61 Å². The number of ether oxygens (including phenoxy) is 1. The third kappa shape index (κ3) is 3.35. The Hall–Kier alpha value is -0.250. The van der Waals surface area contributed by atoms with Crippen LogP contribution >= 0.6 is 0 Å². The molecule has 1 nitrogen and oxygen atoms in total. The van der Waals surface area contributed by atoms with E-state index in [4.69, 9.17) is 0 Å². The molecule has 0 fully saturated rings. The SMILES string of the molecule is COCC(C)C(F)(F)F. The highest BCUT2D eigenvalue weighted by molar-refractivity contribution is 4.59. The maximum Gasteiger partial charge on any atom is 0.393 e. The maximum absolute atomic E-state index is 11.6. The average molecular weight is 142 g/mol. The first-order valence-electron chi connectivity index (χ1n) is 2.54. The molecule has 0 saturated carbocycles. The van der Waals surface area contributed by atoms with Crippen molar-refractivity contribution < 1.29 is 17.9 Å². The van der Waals surface area contributed by atoms with Crippen LogP contribution in [0.1, 0.15) is 6.92 Å². The van der Waals surface area contributed by atoms with Crippen molar-refractivity contribution in [3.05, 3.63) is 0 Å². The van der Waals surface area contributed by atoms with Crippen LogP contribution in [0, 0.1) is 5.92 Å². The lowest BCUT2D eigenvalue weighted by Crippen LogP contribution is -2.23. The molecule has 1 atom stereocenters. The van der Waals surface area contributed by atoms with Crippen LogP contribution < -0.4 is 0 Å². The van der Waals surface area contributed by atoms with Gasteiger partial charge in [-0.3, -0.25) is 0 Å². The smallest absolute Gasteiger partial charge is 0.384 e. The largest absolute Gasteiger partial charge is 0.393 e. The van der Waals surface area contributed by atoms with Crippen molar-refractivity contribution >= 4 is 0 Å². The van der Waals surface area contributed by atoms with E-state index in [1.807, 2.05) is 0 Å². The van der Waals surface area contributed by atoms with Gasteiger partial charge in [-0.05, 0) is 0 Å². The standard InChI is InChI=1S/C5H9F3O/c1-4(3-9-2)5(6,7)8/h4H,3H2,1-2H3. The zero-order valence-corrected chi connectivity index (χ0v) is 5.33. The van der Waals surface area contributed by atoms with Gasteiger partial charge < -0.3 is 4.74 Å². The van der Waals surface area contributed by atoms with Crippen molar-refractivity contribution in [3.8, 4) is 0 Å². The topological polar surface area (TPSA) is 9.23 Å². The van der Waals surface area contributed by atoms with E-state index in [0.29, 0.717) is 0 Å². The van der Waals surface area contributed by atoms with E-state index in [9.17, 15) is 13.2 Å². The maximum atomic E-state index is 11.6. The predicted octanol–water partition coefficient (Wildman–Crippen LogP) is 1.83. The van der Waals surface area contributed by atoms with E-state index in [0.717, 1.165) is 6.92 Å². The summed E-state index contributed by atoms with van der Waals surface area (Å²) in [4.78, 5) is 0. The average Bonchev–Trinajstić information content (AvgIpc) is 1.64. The summed E-state index contributed by atoms with van der Waals surface area (Å²) in [6, 6.07) is 0. The summed E-state index contributed by atoms with van der Waals surface area (Å²) in [5.74, 6) is -1.36. The van der Waals surface area contributed by atoms with E-state index in [1.165, 1.54) is 7.11 Å². The zero-order chi connectivity index (χ0) is 7.49. The summed E-state index contributed by atoms with van der Waals surface area (Å²) in [5.41, 5.74) is 0. The van der Waals surface area contributed by atoms with Gasteiger partial charge in [-0.25, -0.2) is 0 Å². The summed E-state index contributed by atoms with van der Waals surface area (Å²) in [7, 11) is 1.25. The molecule has 0 saturated heterocycles. The molecule has 9 heavy (non-hydrogen) atoms. The Kier molecular flexibility index (Phi) is 2.97. The molecule has 0 aliphatic carbocycles. The second-order valence-corrected chi connectivity index (χ2v) is 1.90. The van der Waals surface area contributed by atoms with Gasteiger partial charge in [0.15, 0.2) is 0 Å². The van der Waals surface area contributed by atoms with Gasteiger partial charge in [0.2, 0.25) is 0 Å². The Morgan fingerprint density at radius 2 is 1.89 bits per heavy atom. The highest BCUT2D eigenvalue weighted by Gasteiger charge is 2.35. The molecular weight excluding hydrogens is 133 g/mol. The summed E-state index contributed by atoms with van der Waals surface area (Å²) < 4.78 is 39.0. The molecule has 0 amide bonds. The molecule has 0 aromatic rings. The zero-order valence-electron chi connectivity index (χ0n) is 5.33. The van der Waals surface area contributed by atoms with Gasteiger partial charge in [-0.1, -0.05) is 6.92 Å². The molecule has 0 aliphatic rings. The fraction of sp³-hybridized carbons (Fsp3) is 1.00. The number of halogens is 3. The normalized spacial score (nSPS) is 15.7. The van der Waals surface area contributed by atoms with Crippen LogP contribution in [-0.2, 0) is 4.74 Å². The Morgan fingerprint density at radius 3 is 2.00 bits per heavy atom. The Bertz CT molecular complexity index is 78.8. The van der Waals surface area contributed by atoms with Crippen LogP contribution in [0.3, 0.4) is 0 Å². The number of methoxy groups -OCH3 is 1. The molecule has 0 N–H and O–H groups in total. The van der Waals surface area contributed by atoms with Crippen LogP contribution in [0.15, 0.2) is 0 Å². The molecule has 0 aromatic heterocycles. The van der Waals surface area contributed by atoms with Crippen molar-refractivity contribution in [1.82, 2.24) is 0 Å². The minimum Gasteiger partial charge on any atom is -0.384 e. The van der Waals surface area contributed by atoms with Gasteiger partial charge in [0, 0.05) is 7.11 Å². The number of hydrogen-bond acceptors (Lipinski definition) is 1. The molecule has 0 aliphatic heterocycles. The lowest BCUT2D eigenvalue weighted by molar-refractivity contribution is -0.180. The van der Waals surface area contributed by atoms with Gasteiger partial charge in [-0.2, -0.15) is 13.2 Å². The van der Waals surface area contributed by atoms with Crippen LogP contribution in [0.2, 0.25) is 0 Å². The summed E-state index contributed by atoms with van der Waals surface area (Å²) in [6.45, 7) is 0.826. The van der Waals surface area contributed by atoms with Gasteiger partial charge >= 0.3 is 6.18 Å². The van der Waals surface area contributed by atoms with Crippen LogP contribution in [0.4, 0.5) is 13.2 Å². The molecule has 0 rings (SSSR count). The van der Waals surface area contributed by atoms with Crippen LogP contribution in [0.5, 0.6) is 0 Å². The highest BCUT2D eigenvalue weighted by Crippen LogP contribution is 2.25. The molecule has 1 unspecified atom stereocenters. The summed E-state index contributed by atoms with van der Waals surface area (Å²) in [5, 5.41) is 0. The molecule has 4 heteroatoms. The first-order chi connectivity index (χ1) is 3.98. The minimum atomic E-state index is -4.12. The highest BCUT2D eigenvalue weighted by atomic mass is 19.4. The fourth-order valence-electron chi connectivity index (χ4n) is 0.344. The van der Waals surface area contributed by atoms with E-state index in [2.05, 4.69) is 4.74 Å². The third-order valence-electron chi connectivity index (χ3n) is 0.975. The molecule has 0 aromatic carbocycles. The van der Waals surface area contributed by atoms with Crippen LogP contribution in [0.25, 0.3) is 0 Å². The number of rotatable bonds is 2. The lowest BCUT2D eigenvalue weighted by atomic mass is 10.2. The van der Waals surface area contributed by atoms with Crippen molar-refractivity contribution in [3.63, 3.8) is 0 Å². The first-order valence-corrected chi connectivity index (χ1v) is 2.54. The Morgan fingerprint density at radius 1 is 1.44 bits per heavy atom. The van der Waals surface area contributed by atoms with Crippen molar-refractivity contribution in [1.29, 1.82) is 0 Å². The molecule has 0 heterocycles. The summed E-state index contributed by atoms with van der Waals surface area (Å²) in [6.07, 6.45) is -4.12. The Labute approximate surface area is 51.8 Å². The minimum absolute atomic E-state index is 0.260. The monoisotopic (exact) mass is 142 g/mol. The second-order valence-electron chi connectivity index (χ2n) is 1.90. The molecular formula is C5H9F3O. The fourth-order valence-corrected chi connectivity index (χ4v) is 0.344. The van der Waals surface area contributed by atoms with Crippen LogP contribution in [-0.4, -0.2) is 19.9 Å². The van der Waals surface area contributed by atoms with Gasteiger partial charge in [-0.15, -0.1) is 0 Å². The molecule has 56 valence electrons. The van der Waals surface area contributed by atoms with E-state index < -0.39 is 12.1 Å². The van der Waals surface area contributed by atoms with Gasteiger partial charge in [0.05, 0.1) is 12.5 Å². The van der Waals surface area contributed by atoms with Gasteiger partial charge in [0.25, 0.3) is 0 Å². The lowest BCUT2D eigenvalue weighted by Gasteiger charge is -2.13. The second kappa shape index (κ2) is 3.06. The number of hydrogen-bond donors (Lipinski definition) is 0. The van der Waals surface area contributed by atoms with Crippen molar-refractivity contribution in [2.24, 2.45) is 5.92 Å². The number of alkyl halides is 3. The quantitative estimate of drug-likeness (QED) is 0.571. The summed E-state index contributed by atoms with van der Waals surface area (Å²) >= 11 is 0. The van der Waals surface area contributed by atoms with Gasteiger partial charge in [0.1, 0.15) is 0 Å². The molecule has 0 bridgehead atoms. The Balaban J connectivity index is 3.59. The molecule has 0 spiro atoms. The third-order valence-corrected chi connectivity index (χ3v) is 0.975. The predicted molar refractivity (Wildman–Crippen MR) is 27.1 cm³/mol. The van der Waals surface area contributed by atoms with E-state index in [1.54, 1.807) is 0 Å². The molecule has 0 radical (unpaired) electrons. The first kappa shape index (κ1) is 8.75. The van der Waals surface area contributed by atoms with E-state index >= 15 is 0 Å².